The molecule has 0 saturated heterocycles. The molecule has 0 bridgehead atoms. The number of pyridine rings is 2. The zero-order valence-electron chi connectivity index (χ0n) is 52.5. The zero-order valence-corrected chi connectivity index (χ0v) is 52.5. The van der Waals surface area contributed by atoms with Gasteiger partial charge in [-0.3, -0.25) is 52.8 Å². The summed E-state index contributed by atoms with van der Waals surface area (Å²) in [7, 11) is 0. The highest BCUT2D eigenvalue weighted by Crippen LogP contribution is 2.40. The molecule has 0 spiro atoms. The Morgan fingerprint density at radius 2 is 1.32 bits per heavy atom. The third kappa shape index (κ3) is 20.3. The minimum atomic E-state index is -2.00. The number of hydrogen-bond donors (Lipinski definition) is 7. The van der Waals surface area contributed by atoms with E-state index in [9.17, 15) is 57.8 Å². The number of para-hydroxylation sites is 1. The maximum Gasteiger partial charge on any atom is 0.343 e. The molecule has 5 heterocycles. The number of aromatic nitrogens is 2. The largest absolute Gasteiger partial charge is 0.458 e. The maximum absolute atomic E-state index is 14.0. The van der Waals surface area contributed by atoms with E-state index in [0.29, 0.717) is 81.7 Å². The summed E-state index contributed by atoms with van der Waals surface area (Å²) in [4.78, 5) is 149. The van der Waals surface area contributed by atoms with E-state index in [1.165, 1.54) is 24.0 Å². The number of rotatable bonds is 41. The number of nitrogens with zero attached hydrogens (tertiary/aromatic N) is 4. The van der Waals surface area contributed by atoms with Crippen molar-refractivity contribution in [2.24, 2.45) is 5.73 Å². The third-order valence-corrected chi connectivity index (χ3v) is 15.6. The highest BCUT2D eigenvalue weighted by Gasteiger charge is 2.46. The highest BCUT2D eigenvalue weighted by molar-refractivity contribution is 6.13. The van der Waals surface area contributed by atoms with Crippen LogP contribution >= 0.6 is 0 Å². The van der Waals surface area contributed by atoms with E-state index >= 15 is 0 Å². The van der Waals surface area contributed by atoms with E-state index in [1.807, 2.05) is 24.3 Å². The van der Waals surface area contributed by atoms with Crippen molar-refractivity contribution in [1.82, 2.24) is 45.9 Å². The second-order valence-electron chi connectivity index (χ2n) is 21.9. The van der Waals surface area contributed by atoms with E-state index in [1.54, 1.807) is 54.8 Å². The molecule has 0 fully saturated rings. The number of primary amides is 1. The van der Waals surface area contributed by atoms with Gasteiger partial charge in [-0.15, -0.1) is 0 Å². The molecule has 2 aromatic carbocycles. The summed E-state index contributed by atoms with van der Waals surface area (Å²) in [6, 6.07) is 13.9. The second kappa shape index (κ2) is 35.8. The van der Waals surface area contributed by atoms with Crippen LogP contribution in [0.2, 0.25) is 0 Å². The summed E-state index contributed by atoms with van der Waals surface area (Å²) < 4.78 is 39.8. The van der Waals surface area contributed by atoms with Crippen molar-refractivity contribution in [2.45, 2.75) is 96.2 Å². The maximum atomic E-state index is 14.0. The molecule has 502 valence electrons. The van der Waals surface area contributed by atoms with Gasteiger partial charge in [0.05, 0.1) is 121 Å². The number of fused-ring (bicyclic) bond motifs is 5. The number of nitrogens with two attached hydrogens (primary N) is 1. The number of benzene rings is 2. The standard InChI is InChI=1S/C64H82N10O19/c1-4-64(86)47-36-51-58-45(39-74(51)62(84)46(47)40-93-63(64)85)43(44-13-9-10-14-48(44)70-58)17-21-72(5-2)57(80)38-67-60(82)50(37-52(65)75)71-59(81)41(3)68-61(83)49(35-42-11-7-6-8-12-42)69-54(77)19-23-87-25-27-89-29-31-91-33-34-92-32-30-90-28-26-88-24-20-66-53(76)18-22-73-55(78)15-16-56(73)79/h6-16,36,41,49-50,86H,4-5,17-35,37-40H2,1-3H3,(H2,65,75)(H,66,76)(H,67,82)(H,68,83)(H,69,77)(H,71,81)/t41-,49-,50-,64-/m0/s1. The number of nitrogens with one attached hydrogen (secondary N) is 5. The lowest BCUT2D eigenvalue weighted by atomic mass is 9.86. The fraction of sp³-hybridized carbons (Fsp3) is 0.500. The minimum absolute atomic E-state index is 0.00809. The molecule has 0 saturated carbocycles. The number of carbonyl (C=O) groups is 10. The summed E-state index contributed by atoms with van der Waals surface area (Å²) in [5, 5.41) is 25.1. The average molecular weight is 1300 g/mol. The predicted octanol–water partition coefficient (Wildman–Crippen LogP) is -0.900. The zero-order chi connectivity index (χ0) is 66.9. The molecule has 93 heavy (non-hydrogen) atoms. The Labute approximate surface area is 536 Å². The Kier molecular flexibility index (Phi) is 27.6. The van der Waals surface area contributed by atoms with Crippen LogP contribution in [0, 0.1) is 0 Å². The van der Waals surface area contributed by atoms with E-state index < -0.39 is 95.5 Å². The molecule has 9 amide bonds. The van der Waals surface area contributed by atoms with E-state index in [4.69, 9.17) is 43.9 Å². The molecular weight excluding hydrogens is 1210 g/mol. The van der Waals surface area contributed by atoms with Crippen LogP contribution in [-0.4, -0.2) is 214 Å². The SMILES string of the molecule is CCN(CCc1c2c(nc3ccccc13)-c1cc3c(c(=O)n1C2)COC(=O)[C@]3(O)CC)C(=O)CNC(=O)[C@H](CC(N)=O)NC(=O)[C@H](C)NC(=O)[C@H](Cc1ccccc1)NC(=O)CCOCCOCCOCCOCCOCCOCCNC(=O)CCN1C(=O)C=CC1=O. The molecule has 4 aromatic rings. The third-order valence-electron chi connectivity index (χ3n) is 15.6. The Hall–Kier alpha value is -8.84. The van der Waals surface area contributed by atoms with Gasteiger partial charge in [0.2, 0.25) is 41.4 Å². The lowest BCUT2D eigenvalue weighted by Crippen LogP contribution is -2.57. The van der Waals surface area contributed by atoms with Gasteiger partial charge in [-0.05, 0) is 49.9 Å². The Morgan fingerprint density at radius 1 is 0.710 bits per heavy atom. The Bertz CT molecular complexity index is 3400. The van der Waals surface area contributed by atoms with E-state index in [0.717, 1.165) is 21.4 Å². The van der Waals surface area contributed by atoms with Gasteiger partial charge in [-0.25, -0.2) is 9.78 Å². The Balaban J connectivity index is 0.775. The molecule has 3 aliphatic heterocycles. The summed E-state index contributed by atoms with van der Waals surface area (Å²) in [5.74, 6) is -6.38. The number of esters is 1. The smallest absolute Gasteiger partial charge is 0.343 e. The normalized spacial score (nSPS) is 15.6. The van der Waals surface area contributed by atoms with Gasteiger partial charge in [0.1, 0.15) is 24.7 Å². The van der Waals surface area contributed by atoms with Crippen LogP contribution in [0.25, 0.3) is 22.3 Å². The molecule has 3 aliphatic rings. The van der Waals surface area contributed by atoms with E-state index in [2.05, 4.69) is 26.6 Å². The molecule has 4 atom stereocenters. The molecule has 8 N–H and O–H groups in total. The van der Waals surface area contributed by atoms with Crippen LogP contribution in [-0.2, 0) is 113 Å². The van der Waals surface area contributed by atoms with Crippen molar-refractivity contribution < 1.29 is 86.2 Å². The average Bonchev–Trinajstić information content (AvgIpc) is 1.65. The summed E-state index contributed by atoms with van der Waals surface area (Å²) in [6.07, 6.45) is 1.95. The molecule has 0 radical (unpaired) electrons. The topological polar surface area (TPSA) is 383 Å². The lowest BCUT2D eigenvalue weighted by molar-refractivity contribution is -0.172. The first-order valence-electron chi connectivity index (χ1n) is 30.9. The number of imide groups is 1. The van der Waals surface area contributed by atoms with Gasteiger partial charge in [-0.2, -0.15) is 0 Å². The molecular formula is C64H82N10O19. The van der Waals surface area contributed by atoms with Crippen molar-refractivity contribution >= 4 is 70.0 Å². The molecule has 0 unspecified atom stereocenters. The highest BCUT2D eigenvalue weighted by atomic mass is 16.6. The number of aliphatic hydroxyl groups is 1. The molecule has 2 aromatic heterocycles. The number of ether oxygens (including phenoxy) is 7. The first kappa shape index (κ1) is 71.6. The lowest BCUT2D eigenvalue weighted by Gasteiger charge is -2.31. The Morgan fingerprint density at radius 3 is 1.95 bits per heavy atom. The van der Waals surface area contributed by atoms with Crippen LogP contribution in [0.3, 0.4) is 0 Å². The van der Waals surface area contributed by atoms with Crippen molar-refractivity contribution in [3.63, 3.8) is 0 Å². The van der Waals surface area contributed by atoms with E-state index in [-0.39, 0.29) is 108 Å². The van der Waals surface area contributed by atoms with Crippen molar-refractivity contribution in [2.75, 3.05) is 112 Å². The molecule has 29 heteroatoms. The second-order valence-corrected chi connectivity index (χ2v) is 21.9. The van der Waals surface area contributed by atoms with Crippen molar-refractivity contribution in [3.8, 4) is 11.4 Å². The summed E-state index contributed by atoms with van der Waals surface area (Å²) in [5.41, 5.74) is 7.27. The van der Waals surface area contributed by atoms with Gasteiger partial charge in [-0.1, -0.05) is 55.5 Å². The number of cyclic esters (lactones) is 1. The summed E-state index contributed by atoms with van der Waals surface area (Å²) >= 11 is 0. The number of carbonyl (C=O) groups excluding carboxylic acids is 10. The quantitative estimate of drug-likeness (QED) is 0.0142. The van der Waals surface area contributed by atoms with Crippen LogP contribution in [0.1, 0.15) is 74.3 Å². The van der Waals surface area contributed by atoms with Crippen LogP contribution in [0.4, 0.5) is 0 Å². The van der Waals surface area contributed by atoms with Gasteiger partial charge in [0.25, 0.3) is 17.4 Å². The van der Waals surface area contributed by atoms with Crippen LogP contribution in [0.15, 0.2) is 77.6 Å². The number of likely N-dealkylation sites (N-methyl/N-ethyl adjacent to an activating group) is 1. The fourth-order valence-electron chi connectivity index (χ4n) is 10.5. The molecule has 29 nitrogen and oxygen atoms in total. The molecule has 0 aliphatic carbocycles. The van der Waals surface area contributed by atoms with Gasteiger partial charge in [0.15, 0.2) is 5.60 Å². The van der Waals surface area contributed by atoms with Crippen LogP contribution < -0.4 is 37.9 Å². The van der Waals surface area contributed by atoms with Gasteiger partial charge in [0, 0.05) is 74.1 Å². The summed E-state index contributed by atoms with van der Waals surface area (Å²) in [6.45, 7) is 8.13. The fourth-order valence-corrected chi connectivity index (χ4v) is 10.5. The van der Waals surface area contributed by atoms with Crippen molar-refractivity contribution in [3.05, 3.63) is 111 Å². The van der Waals surface area contributed by atoms with Gasteiger partial charge < -0.3 is 80.0 Å². The van der Waals surface area contributed by atoms with Crippen LogP contribution in [0.5, 0.6) is 0 Å². The van der Waals surface area contributed by atoms with Gasteiger partial charge >= 0.3 is 5.97 Å². The number of amides is 9. The van der Waals surface area contributed by atoms with Crippen molar-refractivity contribution in [1.29, 1.82) is 0 Å². The monoisotopic (exact) mass is 1290 g/mol. The first-order chi connectivity index (χ1) is 44.8. The molecule has 7 rings (SSSR count). The number of hydrogen-bond acceptors (Lipinski definition) is 20. The predicted molar refractivity (Wildman–Crippen MR) is 332 cm³/mol. The first-order valence-corrected chi connectivity index (χ1v) is 30.9. The minimum Gasteiger partial charge on any atom is -0.458 e.